The molecule has 1 fully saturated rings. The van der Waals surface area contributed by atoms with Crippen molar-refractivity contribution in [3.05, 3.63) is 0 Å². The van der Waals surface area contributed by atoms with Gasteiger partial charge in [-0.1, -0.05) is 67.4 Å². The van der Waals surface area contributed by atoms with Crippen LogP contribution in [0, 0.1) is 0 Å². The molecule has 0 aromatic rings. The molecule has 2 atom stereocenters. The van der Waals surface area contributed by atoms with Crippen molar-refractivity contribution >= 4 is 50.5 Å². The van der Waals surface area contributed by atoms with Gasteiger partial charge in [-0.05, 0) is 12.8 Å². The van der Waals surface area contributed by atoms with Crippen molar-refractivity contribution in [2.75, 3.05) is 11.5 Å². The first kappa shape index (κ1) is 21.3. The second-order valence-corrected chi connectivity index (χ2v) is 10.6. The Balaban J connectivity index is 2.44. The Morgan fingerprint density at radius 1 is 1.22 bits per heavy atom. The van der Waals surface area contributed by atoms with Crippen LogP contribution in [-0.4, -0.2) is 41.8 Å². The van der Waals surface area contributed by atoms with Gasteiger partial charge in [0.25, 0.3) is 0 Å². The van der Waals surface area contributed by atoms with E-state index in [9.17, 15) is 13.2 Å². The number of unbranched alkanes of at least 4 members (excludes halogenated alkanes) is 4. The molecule has 0 saturated carbocycles. The van der Waals surface area contributed by atoms with Crippen molar-refractivity contribution in [3.8, 4) is 0 Å². The van der Waals surface area contributed by atoms with Crippen LogP contribution in [-0.2, 0) is 14.6 Å². The van der Waals surface area contributed by atoms with Gasteiger partial charge < -0.3 is 5.32 Å². The number of rotatable bonds is 9. The summed E-state index contributed by atoms with van der Waals surface area (Å²) in [4.78, 5) is 12.0. The van der Waals surface area contributed by atoms with Gasteiger partial charge >= 0.3 is 0 Å². The van der Waals surface area contributed by atoms with Gasteiger partial charge in [-0.25, -0.2) is 8.42 Å². The van der Waals surface area contributed by atoms with Gasteiger partial charge in [-0.3, -0.25) is 10.1 Å². The van der Waals surface area contributed by atoms with E-state index in [0.717, 1.165) is 32.1 Å². The highest BCUT2D eigenvalue weighted by Crippen LogP contribution is 2.30. The third kappa shape index (κ3) is 8.77. The monoisotopic (exact) mass is 406 g/mol. The molecule has 1 amide bonds. The molecule has 1 rings (SSSR count). The van der Waals surface area contributed by atoms with Gasteiger partial charge in [0.15, 0.2) is 9.84 Å². The molecule has 2 N–H and O–H groups in total. The lowest BCUT2D eigenvalue weighted by Gasteiger charge is -2.29. The fraction of sp³-hybridized carbons (Fsp3) is 0.929. The number of halogens is 3. The fourth-order valence-corrected chi connectivity index (χ4v) is 4.54. The molecule has 1 saturated heterocycles. The van der Waals surface area contributed by atoms with Crippen molar-refractivity contribution in [1.82, 2.24) is 10.6 Å². The summed E-state index contributed by atoms with van der Waals surface area (Å²) in [6.45, 7) is 2.13. The molecular formula is C14H25Cl3N2O3S. The molecule has 0 aliphatic carbocycles. The zero-order valence-electron chi connectivity index (χ0n) is 13.3. The molecule has 1 aliphatic heterocycles. The van der Waals surface area contributed by atoms with E-state index < -0.39 is 19.8 Å². The van der Waals surface area contributed by atoms with Crippen molar-refractivity contribution in [2.24, 2.45) is 0 Å². The second kappa shape index (κ2) is 9.66. The smallest absolute Gasteiger partial charge is 0.223 e. The normalized spacial score (nSPS) is 22.0. The van der Waals surface area contributed by atoms with Crippen molar-refractivity contribution < 1.29 is 13.2 Å². The minimum absolute atomic E-state index is 0.00284. The molecule has 0 aromatic carbocycles. The summed E-state index contributed by atoms with van der Waals surface area (Å²) in [5.41, 5.74) is 0. The first-order chi connectivity index (χ1) is 10.6. The van der Waals surface area contributed by atoms with E-state index in [-0.39, 0.29) is 23.5 Å². The Kier molecular flexibility index (Phi) is 8.94. The quantitative estimate of drug-likeness (QED) is 0.350. The Hall–Kier alpha value is 0.250. The molecule has 0 bridgehead atoms. The predicted octanol–water partition coefficient (Wildman–Crippen LogP) is 2.94. The van der Waals surface area contributed by atoms with Crippen molar-refractivity contribution in [2.45, 2.75) is 67.9 Å². The topological polar surface area (TPSA) is 75.3 Å². The van der Waals surface area contributed by atoms with Crippen molar-refractivity contribution in [3.63, 3.8) is 0 Å². The molecule has 1 aliphatic rings. The van der Waals surface area contributed by atoms with Gasteiger partial charge in [0.05, 0.1) is 11.5 Å². The zero-order valence-corrected chi connectivity index (χ0v) is 16.4. The zero-order chi connectivity index (χ0) is 17.5. The maximum atomic E-state index is 12.0. The Labute approximate surface area is 153 Å². The number of nitrogens with one attached hydrogen (secondary N) is 2. The highest BCUT2D eigenvalue weighted by atomic mass is 35.6. The molecule has 0 unspecified atom stereocenters. The largest absolute Gasteiger partial charge is 0.337 e. The minimum Gasteiger partial charge on any atom is -0.337 e. The van der Waals surface area contributed by atoms with Crippen LogP contribution < -0.4 is 10.6 Å². The molecule has 136 valence electrons. The molecule has 0 spiro atoms. The number of sulfone groups is 1. The summed E-state index contributed by atoms with van der Waals surface area (Å²) < 4.78 is 21.2. The Bertz CT molecular complexity index is 480. The maximum absolute atomic E-state index is 12.0. The predicted molar refractivity (Wildman–Crippen MR) is 95.8 cm³/mol. The highest BCUT2D eigenvalue weighted by molar-refractivity contribution is 7.91. The maximum Gasteiger partial charge on any atom is 0.223 e. The summed E-state index contributed by atoms with van der Waals surface area (Å²) in [5.74, 6) is -0.0917. The van der Waals surface area contributed by atoms with Gasteiger partial charge in [0.1, 0.15) is 6.17 Å². The van der Waals surface area contributed by atoms with E-state index in [4.69, 9.17) is 34.8 Å². The average Bonchev–Trinajstić information content (AvgIpc) is 2.76. The fourth-order valence-electron chi connectivity index (χ4n) is 2.50. The third-order valence-electron chi connectivity index (χ3n) is 3.77. The Morgan fingerprint density at radius 2 is 1.87 bits per heavy atom. The average molecular weight is 408 g/mol. The summed E-state index contributed by atoms with van der Waals surface area (Å²) in [6.07, 6.45) is 5.11. The highest BCUT2D eigenvalue weighted by Gasteiger charge is 2.38. The lowest BCUT2D eigenvalue weighted by Crippen LogP contribution is -2.56. The van der Waals surface area contributed by atoms with E-state index in [0.29, 0.717) is 12.8 Å². The molecule has 1 heterocycles. The van der Waals surface area contributed by atoms with Crippen LogP contribution in [0.2, 0.25) is 0 Å². The van der Waals surface area contributed by atoms with E-state index in [1.54, 1.807) is 0 Å². The van der Waals surface area contributed by atoms with Gasteiger partial charge in [0.2, 0.25) is 9.70 Å². The second-order valence-electron chi connectivity index (χ2n) is 5.97. The van der Waals surface area contributed by atoms with Crippen LogP contribution in [0.1, 0.15) is 51.9 Å². The number of hydrogen-bond donors (Lipinski definition) is 2. The molecule has 0 radical (unpaired) electrons. The Morgan fingerprint density at radius 3 is 2.39 bits per heavy atom. The lowest BCUT2D eigenvalue weighted by molar-refractivity contribution is -0.122. The standard InChI is InChI=1S/C14H25Cl3N2O3S/c1-2-3-4-5-6-7-12(20)19-13(14(15,16)17)18-11-8-9-23(21,22)10-11/h11,13,18H,2-10H2,1H3,(H,19,20)/t11-,13+/m0/s1. The molecule has 0 aromatic heterocycles. The number of hydrogen-bond acceptors (Lipinski definition) is 4. The van der Waals surface area contributed by atoms with E-state index in [2.05, 4.69) is 17.6 Å². The first-order valence-corrected chi connectivity index (χ1v) is 10.9. The van der Waals surface area contributed by atoms with Crippen LogP contribution in [0.4, 0.5) is 0 Å². The molecular weight excluding hydrogens is 383 g/mol. The first-order valence-electron chi connectivity index (χ1n) is 7.96. The lowest BCUT2D eigenvalue weighted by atomic mass is 10.1. The van der Waals surface area contributed by atoms with Gasteiger partial charge in [-0.15, -0.1) is 0 Å². The molecule has 9 heteroatoms. The van der Waals surface area contributed by atoms with E-state index in [1.807, 2.05) is 0 Å². The van der Waals surface area contributed by atoms with Gasteiger partial charge in [0, 0.05) is 12.5 Å². The summed E-state index contributed by atoms with van der Waals surface area (Å²) >= 11 is 17.7. The molecule has 23 heavy (non-hydrogen) atoms. The summed E-state index contributed by atoms with van der Waals surface area (Å²) in [6, 6.07) is -0.314. The third-order valence-corrected chi connectivity index (χ3v) is 6.20. The summed E-state index contributed by atoms with van der Waals surface area (Å²) in [5, 5.41) is 5.61. The number of carbonyl (C=O) groups is 1. The van der Waals surface area contributed by atoms with Crippen LogP contribution in [0.5, 0.6) is 0 Å². The van der Waals surface area contributed by atoms with Crippen LogP contribution >= 0.6 is 34.8 Å². The molecule has 5 nitrogen and oxygen atoms in total. The number of carbonyl (C=O) groups excluding carboxylic acids is 1. The van der Waals surface area contributed by atoms with Crippen molar-refractivity contribution in [1.29, 1.82) is 0 Å². The summed E-state index contributed by atoms with van der Waals surface area (Å²) in [7, 11) is -3.04. The number of amides is 1. The minimum atomic E-state index is -3.04. The van der Waals surface area contributed by atoms with Crippen LogP contribution in [0.15, 0.2) is 0 Å². The van der Waals surface area contributed by atoms with Crippen LogP contribution in [0.3, 0.4) is 0 Å². The van der Waals surface area contributed by atoms with Crippen LogP contribution in [0.25, 0.3) is 0 Å². The SMILES string of the molecule is CCCCCCCC(=O)N[C@@H](N[C@H]1CCS(=O)(=O)C1)C(Cl)(Cl)Cl. The number of alkyl halides is 3. The van der Waals surface area contributed by atoms with E-state index >= 15 is 0 Å². The van der Waals surface area contributed by atoms with E-state index in [1.165, 1.54) is 0 Å². The van der Waals surface area contributed by atoms with Gasteiger partial charge in [-0.2, -0.15) is 0 Å².